The molecule has 8 heavy (non-hydrogen) atoms. The minimum absolute atomic E-state index is 0. The van der Waals surface area contributed by atoms with Gasteiger partial charge < -0.3 is 19.4 Å². The summed E-state index contributed by atoms with van der Waals surface area (Å²) in [6, 6.07) is 0. The first-order valence-corrected chi connectivity index (χ1v) is 1.34. The second-order valence-corrected chi connectivity index (χ2v) is 0.224. The smallest absolute Gasteiger partial charge is 0.870 e. The Labute approximate surface area is 96.3 Å². The van der Waals surface area contributed by atoms with E-state index in [4.69, 9.17) is 13.9 Å². The molecule has 4 nitrogen and oxygen atoms in total. The molecule has 7 heteroatoms. The third-order valence-corrected chi connectivity index (χ3v) is 0. The van der Waals surface area contributed by atoms with Gasteiger partial charge in [0.15, 0.2) is 0 Å². The molecule has 0 fully saturated rings. The van der Waals surface area contributed by atoms with E-state index in [0.717, 1.165) is 0 Å². The van der Waals surface area contributed by atoms with E-state index < -0.39 is 12.3 Å². The molecule has 0 saturated heterocycles. The molecule has 0 aromatic carbocycles. The second-order valence-electron chi connectivity index (χ2n) is 0.0745. The van der Waals surface area contributed by atoms with E-state index in [1.165, 1.54) is 0 Å². The molecule has 0 bridgehead atoms. The zero-order valence-corrected chi connectivity index (χ0v) is 9.64. The van der Waals surface area contributed by atoms with Crippen LogP contribution in [0.2, 0.25) is 0 Å². The van der Waals surface area contributed by atoms with E-state index in [1.807, 2.05) is 6.79 Å². The maximum atomic E-state index is 8.40. The van der Waals surface area contributed by atoms with Crippen molar-refractivity contribution in [2.45, 2.75) is 0 Å². The minimum atomic E-state index is -0.500. The van der Waals surface area contributed by atoms with Crippen LogP contribution in [0.25, 0.3) is 0 Å². The Morgan fingerprint density at radius 3 is 1.38 bits per heavy atom. The third kappa shape index (κ3) is 104. The van der Waals surface area contributed by atoms with Crippen molar-refractivity contribution in [2.24, 2.45) is 0 Å². The molecule has 0 atom stereocenters. The van der Waals surface area contributed by atoms with Crippen molar-refractivity contribution in [1.82, 2.24) is 0 Å². The van der Waals surface area contributed by atoms with Crippen molar-refractivity contribution in [3.05, 3.63) is 0 Å². The SMILES string of the molecule is C=O.[Na+].[Na+].[O-]SO.[OH-]. The molecule has 0 radical (unpaired) electrons. The molecule has 0 rings (SSSR count). The number of carbonyl (C=O) groups excluding carboxylic acids is 1. The number of carbonyl (C=O) groups is 1. The van der Waals surface area contributed by atoms with Crippen LogP contribution in [0, 0.1) is 0 Å². The van der Waals surface area contributed by atoms with Gasteiger partial charge in [-0.25, -0.2) is 0 Å². The summed E-state index contributed by atoms with van der Waals surface area (Å²) in [5.41, 5.74) is 0. The quantitative estimate of drug-likeness (QED) is 0.280. The molecular weight excluding hydrogens is 154 g/mol. The van der Waals surface area contributed by atoms with Gasteiger partial charge in [-0.3, -0.25) is 0 Å². The molecule has 0 spiro atoms. The summed E-state index contributed by atoms with van der Waals surface area (Å²) >= 11 is -0.500. The zero-order valence-electron chi connectivity index (χ0n) is 4.83. The van der Waals surface area contributed by atoms with Crippen LogP contribution in [0.5, 0.6) is 0 Å². The van der Waals surface area contributed by atoms with Crippen LogP contribution in [0.4, 0.5) is 0 Å². The molecule has 0 unspecified atom stereocenters. The molecule has 2 N–H and O–H groups in total. The van der Waals surface area contributed by atoms with Crippen LogP contribution in [-0.4, -0.2) is 21.4 Å². The van der Waals surface area contributed by atoms with Crippen molar-refractivity contribution in [1.29, 1.82) is 0 Å². The fourth-order valence-corrected chi connectivity index (χ4v) is 0. The van der Waals surface area contributed by atoms with Gasteiger partial charge in [-0.05, 0) is 0 Å². The zero-order chi connectivity index (χ0) is 4.71. The molecule has 0 aromatic heterocycles. The first kappa shape index (κ1) is 32.7. The molecule has 40 valence electrons. The van der Waals surface area contributed by atoms with Gasteiger partial charge in [-0.2, -0.15) is 0 Å². The summed E-state index contributed by atoms with van der Waals surface area (Å²) in [5.74, 6) is 0. The van der Waals surface area contributed by atoms with Crippen LogP contribution < -0.4 is 59.1 Å². The first-order chi connectivity index (χ1) is 2.41. The van der Waals surface area contributed by atoms with Crippen LogP contribution in [-0.2, 0) is 4.79 Å². The van der Waals surface area contributed by atoms with Gasteiger partial charge in [0.05, 0.1) is 0 Å². The number of hydrogen-bond acceptors (Lipinski definition) is 5. The van der Waals surface area contributed by atoms with E-state index in [0.29, 0.717) is 0 Å². The molecular formula is CH4Na2O4S. The normalized spacial score (nSPS) is 2.75. The van der Waals surface area contributed by atoms with Crippen LogP contribution >= 0.6 is 12.3 Å². The van der Waals surface area contributed by atoms with Crippen LogP contribution in [0.1, 0.15) is 0 Å². The summed E-state index contributed by atoms with van der Waals surface area (Å²) in [5, 5.41) is 0. The van der Waals surface area contributed by atoms with Crippen molar-refractivity contribution < 1.29 is 78.5 Å². The van der Waals surface area contributed by atoms with E-state index >= 15 is 0 Å². The summed E-state index contributed by atoms with van der Waals surface area (Å²) in [6.07, 6.45) is 0. The Bertz CT molecular complexity index is 18.0. The van der Waals surface area contributed by atoms with Gasteiger partial charge in [0.1, 0.15) is 6.79 Å². The largest absolute Gasteiger partial charge is 1.00 e. The maximum Gasteiger partial charge on any atom is 1.00 e. The molecule has 0 aliphatic heterocycles. The van der Waals surface area contributed by atoms with E-state index in [-0.39, 0.29) is 64.6 Å². The van der Waals surface area contributed by atoms with Crippen molar-refractivity contribution in [2.75, 3.05) is 0 Å². The average molecular weight is 158 g/mol. The predicted octanol–water partition coefficient (Wildman–Crippen LogP) is -6.03. The number of hydrogen-bond donors (Lipinski definition) is 1. The van der Waals surface area contributed by atoms with Gasteiger partial charge in [0, 0.05) is 0 Å². The molecule has 0 aliphatic rings. The summed E-state index contributed by atoms with van der Waals surface area (Å²) < 4.78 is 15.3. The number of rotatable bonds is 0. The predicted molar refractivity (Wildman–Crippen MR) is 20.1 cm³/mol. The molecule has 0 aromatic rings. The Kier molecular flexibility index (Phi) is 270. The van der Waals surface area contributed by atoms with Crippen LogP contribution in [0.3, 0.4) is 0 Å². The average Bonchev–Trinajstić information content (AvgIpc) is 1.46. The Morgan fingerprint density at radius 1 is 1.38 bits per heavy atom. The van der Waals surface area contributed by atoms with Gasteiger partial charge in [0.25, 0.3) is 0 Å². The minimum Gasteiger partial charge on any atom is -0.870 e. The van der Waals surface area contributed by atoms with Crippen molar-refractivity contribution >= 4 is 19.1 Å². The van der Waals surface area contributed by atoms with Gasteiger partial charge in [-0.1, -0.05) is 0 Å². The van der Waals surface area contributed by atoms with E-state index in [1.54, 1.807) is 0 Å². The van der Waals surface area contributed by atoms with Gasteiger partial charge >= 0.3 is 59.1 Å². The van der Waals surface area contributed by atoms with Crippen LogP contribution in [0.15, 0.2) is 0 Å². The third-order valence-electron chi connectivity index (χ3n) is 0. The molecule has 0 amide bonds. The standard InChI is InChI=1S/CH2O.2Na.H2O2S.H2O/c1-2;;;1-3-2;/h1H2;;;1-2H;1H2/q;2*+1;;/p-2. The van der Waals surface area contributed by atoms with Gasteiger partial charge in [0.2, 0.25) is 0 Å². The fourth-order valence-electron chi connectivity index (χ4n) is 0. The summed E-state index contributed by atoms with van der Waals surface area (Å²) in [6.45, 7) is 2.00. The maximum absolute atomic E-state index is 8.40. The fraction of sp³-hybridized carbons (Fsp3) is 0. The Morgan fingerprint density at radius 2 is 1.38 bits per heavy atom. The van der Waals surface area contributed by atoms with E-state index in [2.05, 4.69) is 0 Å². The summed E-state index contributed by atoms with van der Waals surface area (Å²) in [7, 11) is 0. The van der Waals surface area contributed by atoms with E-state index in [9.17, 15) is 0 Å². The molecule has 0 aliphatic carbocycles. The second kappa shape index (κ2) is 66.0. The van der Waals surface area contributed by atoms with Gasteiger partial charge in [-0.15, -0.1) is 12.3 Å². The molecule has 0 heterocycles. The first-order valence-electron chi connectivity index (χ1n) is 0.638. The monoisotopic (exact) mass is 158 g/mol. The topological polar surface area (TPSA) is 90.4 Å². The summed E-state index contributed by atoms with van der Waals surface area (Å²) in [4.78, 5) is 8.00. The Hall–Kier alpha value is 1.90. The van der Waals surface area contributed by atoms with Crippen molar-refractivity contribution in [3.63, 3.8) is 0 Å². The molecule has 0 saturated carbocycles. The van der Waals surface area contributed by atoms with Crippen molar-refractivity contribution in [3.8, 4) is 0 Å². The Balaban J connectivity index is -0.00000000567.